The summed E-state index contributed by atoms with van der Waals surface area (Å²) in [4.78, 5) is 19.1. The minimum absolute atomic E-state index is 0.0972. The molecule has 0 amide bonds. The molecule has 9 heteroatoms. The normalized spacial score (nSPS) is 11.7. The number of rotatable bonds is 14. The molecule has 0 aliphatic heterocycles. The molecule has 0 aliphatic rings. The van der Waals surface area contributed by atoms with Gasteiger partial charge in [-0.3, -0.25) is 4.57 Å². The van der Waals surface area contributed by atoms with E-state index in [1.54, 1.807) is 11.3 Å². The number of aryl methyl sites for hydroxylation is 1. The zero-order chi connectivity index (χ0) is 25.3. The SMILES string of the molecule is CC(C)Oc1ccc(CCCOc2ccc(CNCCCP(=O)(O)O)cc2-c2cccs2)cc1Br. The molecule has 0 atom stereocenters. The van der Waals surface area contributed by atoms with E-state index in [1.165, 1.54) is 5.56 Å². The van der Waals surface area contributed by atoms with Crippen LogP contribution >= 0.6 is 34.9 Å². The molecule has 0 spiro atoms. The average Bonchev–Trinajstić information content (AvgIpc) is 3.32. The molecule has 0 saturated carbocycles. The number of benzene rings is 2. The molecule has 1 heterocycles. The van der Waals surface area contributed by atoms with Crippen LogP contribution < -0.4 is 14.8 Å². The van der Waals surface area contributed by atoms with Gasteiger partial charge in [0.25, 0.3) is 0 Å². The molecule has 0 aliphatic carbocycles. The number of halogens is 1. The highest BCUT2D eigenvalue weighted by Gasteiger charge is 2.12. The molecule has 3 rings (SSSR count). The van der Waals surface area contributed by atoms with Crippen LogP contribution in [0.1, 0.15) is 37.8 Å². The summed E-state index contributed by atoms with van der Waals surface area (Å²) < 4.78 is 23.9. The van der Waals surface area contributed by atoms with Crippen LogP contribution in [-0.4, -0.2) is 35.2 Å². The van der Waals surface area contributed by atoms with Gasteiger partial charge in [0.15, 0.2) is 0 Å². The highest BCUT2D eigenvalue weighted by atomic mass is 79.9. The van der Waals surface area contributed by atoms with Crippen LogP contribution in [0.2, 0.25) is 0 Å². The molecule has 1 aromatic heterocycles. The molecule has 190 valence electrons. The Bertz CT molecular complexity index is 1120. The van der Waals surface area contributed by atoms with Gasteiger partial charge in [0.2, 0.25) is 0 Å². The summed E-state index contributed by atoms with van der Waals surface area (Å²) in [6, 6.07) is 16.5. The summed E-state index contributed by atoms with van der Waals surface area (Å²) in [6.07, 6.45) is 2.28. The third kappa shape index (κ3) is 9.71. The van der Waals surface area contributed by atoms with Gasteiger partial charge in [-0.05, 0) is 102 Å². The van der Waals surface area contributed by atoms with E-state index in [1.807, 2.05) is 38.1 Å². The van der Waals surface area contributed by atoms with E-state index in [4.69, 9.17) is 19.3 Å². The molecular weight excluding hydrogens is 549 g/mol. The summed E-state index contributed by atoms with van der Waals surface area (Å²) in [7, 11) is -3.93. The van der Waals surface area contributed by atoms with Gasteiger partial charge in [-0.1, -0.05) is 18.2 Å². The van der Waals surface area contributed by atoms with Crippen LogP contribution in [0, 0.1) is 0 Å². The van der Waals surface area contributed by atoms with Crippen molar-refractivity contribution in [2.45, 2.75) is 45.8 Å². The lowest BCUT2D eigenvalue weighted by atomic mass is 10.1. The Morgan fingerprint density at radius 3 is 2.51 bits per heavy atom. The third-order valence-corrected chi connectivity index (χ3v) is 7.61. The first-order valence-electron chi connectivity index (χ1n) is 11.7. The highest BCUT2D eigenvalue weighted by molar-refractivity contribution is 9.10. The van der Waals surface area contributed by atoms with Gasteiger partial charge in [-0.25, -0.2) is 0 Å². The second-order valence-electron chi connectivity index (χ2n) is 8.61. The first-order chi connectivity index (χ1) is 16.7. The largest absolute Gasteiger partial charge is 0.493 e. The van der Waals surface area contributed by atoms with Crippen LogP contribution in [0.25, 0.3) is 10.4 Å². The van der Waals surface area contributed by atoms with Crippen molar-refractivity contribution in [3.05, 3.63) is 69.5 Å². The van der Waals surface area contributed by atoms with Crippen molar-refractivity contribution < 1.29 is 23.8 Å². The Kier molecular flexibility index (Phi) is 10.8. The molecule has 0 saturated heterocycles. The molecule has 3 aromatic rings. The number of thiophene rings is 1. The highest BCUT2D eigenvalue weighted by Crippen LogP contribution is 2.35. The number of hydrogen-bond acceptors (Lipinski definition) is 5. The lowest BCUT2D eigenvalue weighted by Gasteiger charge is -2.14. The van der Waals surface area contributed by atoms with Gasteiger partial charge in [-0.2, -0.15) is 0 Å². The van der Waals surface area contributed by atoms with E-state index in [9.17, 15) is 4.57 Å². The van der Waals surface area contributed by atoms with E-state index < -0.39 is 7.60 Å². The van der Waals surface area contributed by atoms with Crippen molar-refractivity contribution in [2.24, 2.45) is 0 Å². The van der Waals surface area contributed by atoms with Crippen molar-refractivity contribution in [1.29, 1.82) is 0 Å². The van der Waals surface area contributed by atoms with Crippen LogP contribution in [0.15, 0.2) is 58.4 Å². The van der Waals surface area contributed by atoms with Crippen molar-refractivity contribution in [3.63, 3.8) is 0 Å². The van der Waals surface area contributed by atoms with E-state index in [0.717, 1.165) is 44.8 Å². The predicted molar refractivity (Wildman–Crippen MR) is 147 cm³/mol. The standard InChI is InChI=1S/C26H33BrNO5PS/c1-19(2)33-25-11-8-20(17-23(25)27)6-3-13-32-24-10-9-21(16-22(24)26-7-4-15-35-26)18-28-12-5-14-34(29,30)31/h4,7-11,15-17,19,28H,3,5-6,12-14,18H2,1-2H3,(H2,29,30,31). The van der Waals surface area contributed by atoms with Crippen LogP contribution in [-0.2, 0) is 17.5 Å². The van der Waals surface area contributed by atoms with Gasteiger partial charge in [0.05, 0.1) is 23.3 Å². The summed E-state index contributed by atoms with van der Waals surface area (Å²) in [6.45, 7) is 5.83. The summed E-state index contributed by atoms with van der Waals surface area (Å²) >= 11 is 5.27. The molecule has 0 bridgehead atoms. The molecule has 0 fully saturated rings. The fourth-order valence-corrected chi connectivity index (χ4v) is 5.42. The Morgan fingerprint density at radius 1 is 1.06 bits per heavy atom. The van der Waals surface area contributed by atoms with Gasteiger partial charge >= 0.3 is 7.60 Å². The summed E-state index contributed by atoms with van der Waals surface area (Å²) in [5, 5.41) is 5.31. The Balaban J connectivity index is 1.55. The van der Waals surface area contributed by atoms with Crippen molar-refractivity contribution in [2.75, 3.05) is 19.3 Å². The first kappa shape index (κ1) is 27.9. The van der Waals surface area contributed by atoms with Gasteiger partial charge < -0.3 is 24.6 Å². The Hall–Kier alpha value is -1.67. The van der Waals surface area contributed by atoms with Gasteiger partial charge in [0.1, 0.15) is 11.5 Å². The average molecular weight is 582 g/mol. The molecule has 0 radical (unpaired) electrons. The molecule has 6 nitrogen and oxygen atoms in total. The lowest BCUT2D eigenvalue weighted by molar-refractivity contribution is 0.241. The van der Waals surface area contributed by atoms with E-state index in [2.05, 4.69) is 50.9 Å². The first-order valence-corrected chi connectivity index (χ1v) is 15.2. The number of nitrogens with one attached hydrogen (secondary N) is 1. The third-order valence-electron chi connectivity index (χ3n) is 5.19. The molecule has 35 heavy (non-hydrogen) atoms. The second kappa shape index (κ2) is 13.6. The quantitative estimate of drug-likeness (QED) is 0.146. The molecule has 2 aromatic carbocycles. The zero-order valence-corrected chi connectivity index (χ0v) is 23.4. The van der Waals surface area contributed by atoms with Gasteiger partial charge in [-0.15, -0.1) is 11.3 Å². The topological polar surface area (TPSA) is 88.0 Å². The summed E-state index contributed by atoms with van der Waals surface area (Å²) in [5.41, 5.74) is 3.40. The minimum Gasteiger partial charge on any atom is -0.493 e. The molecular formula is C26H33BrNO5PS. The smallest absolute Gasteiger partial charge is 0.325 e. The minimum atomic E-state index is -3.93. The van der Waals surface area contributed by atoms with Crippen molar-refractivity contribution >= 4 is 34.9 Å². The summed E-state index contributed by atoms with van der Waals surface area (Å²) in [5.74, 6) is 1.72. The van der Waals surface area contributed by atoms with Crippen LogP contribution in [0.3, 0.4) is 0 Å². The fraction of sp³-hybridized carbons (Fsp3) is 0.385. The van der Waals surface area contributed by atoms with E-state index >= 15 is 0 Å². The zero-order valence-electron chi connectivity index (χ0n) is 20.1. The van der Waals surface area contributed by atoms with Crippen LogP contribution in [0.4, 0.5) is 0 Å². The Morgan fingerprint density at radius 2 is 1.83 bits per heavy atom. The number of hydrogen-bond donors (Lipinski definition) is 3. The predicted octanol–water partition coefficient (Wildman–Crippen LogP) is 6.63. The molecule has 3 N–H and O–H groups in total. The lowest BCUT2D eigenvalue weighted by Crippen LogP contribution is -2.16. The molecule has 0 unspecified atom stereocenters. The maximum Gasteiger partial charge on any atom is 0.325 e. The maximum atomic E-state index is 11.0. The van der Waals surface area contributed by atoms with E-state index in [0.29, 0.717) is 26.1 Å². The van der Waals surface area contributed by atoms with Crippen LogP contribution in [0.5, 0.6) is 11.5 Å². The maximum absolute atomic E-state index is 11.0. The second-order valence-corrected chi connectivity index (χ2v) is 12.2. The van der Waals surface area contributed by atoms with E-state index in [-0.39, 0.29) is 12.3 Å². The fourth-order valence-electron chi connectivity index (χ4n) is 3.59. The number of ether oxygens (including phenoxy) is 2. The van der Waals surface area contributed by atoms with Crippen molar-refractivity contribution in [1.82, 2.24) is 5.32 Å². The van der Waals surface area contributed by atoms with Gasteiger partial charge in [0, 0.05) is 17.0 Å². The monoisotopic (exact) mass is 581 g/mol. The Labute approximate surface area is 220 Å². The van der Waals surface area contributed by atoms with Crippen molar-refractivity contribution in [3.8, 4) is 21.9 Å².